The molecule has 142 valence electrons. The maximum Gasteiger partial charge on any atom is 0.254 e. The number of nitrogens with zero attached hydrogens (tertiary/aromatic N) is 2. The van der Waals surface area contributed by atoms with Gasteiger partial charge in [-0.3, -0.25) is 14.4 Å². The van der Waals surface area contributed by atoms with Crippen molar-refractivity contribution < 1.29 is 14.4 Å². The Labute approximate surface area is 154 Å². The summed E-state index contributed by atoms with van der Waals surface area (Å²) >= 11 is 0. The Bertz CT molecular complexity index is 654. The molecule has 2 N–H and O–H groups in total. The summed E-state index contributed by atoms with van der Waals surface area (Å²) in [5.41, 5.74) is 1.09. The molecule has 1 aromatic rings. The molecule has 0 bridgehead atoms. The van der Waals surface area contributed by atoms with Crippen molar-refractivity contribution >= 4 is 23.4 Å². The normalized spacial score (nSPS) is 14.2. The zero-order chi connectivity index (χ0) is 19.1. The van der Waals surface area contributed by atoms with Crippen LogP contribution in [0.4, 0.5) is 5.69 Å². The van der Waals surface area contributed by atoms with Crippen molar-refractivity contribution in [1.82, 2.24) is 15.1 Å². The highest BCUT2D eigenvalue weighted by Crippen LogP contribution is 2.15. The predicted octanol–water partition coefficient (Wildman–Crippen LogP) is 1.32. The van der Waals surface area contributed by atoms with Crippen molar-refractivity contribution in [2.24, 2.45) is 0 Å². The highest BCUT2D eigenvalue weighted by Gasteiger charge is 2.22. The van der Waals surface area contributed by atoms with Gasteiger partial charge in [-0.1, -0.05) is 6.07 Å². The van der Waals surface area contributed by atoms with Crippen molar-refractivity contribution in [3.63, 3.8) is 0 Å². The Morgan fingerprint density at radius 3 is 2.54 bits per heavy atom. The molecule has 0 spiro atoms. The topological polar surface area (TPSA) is 81.8 Å². The van der Waals surface area contributed by atoms with Gasteiger partial charge in [0.05, 0.1) is 0 Å². The van der Waals surface area contributed by atoms with Crippen molar-refractivity contribution in [2.45, 2.75) is 33.2 Å². The van der Waals surface area contributed by atoms with E-state index in [1.807, 2.05) is 18.7 Å². The maximum absolute atomic E-state index is 12.9. The van der Waals surface area contributed by atoms with Gasteiger partial charge in [0, 0.05) is 63.4 Å². The summed E-state index contributed by atoms with van der Waals surface area (Å²) in [7, 11) is 0. The monoisotopic (exact) mass is 360 g/mol. The number of rotatable bonds is 6. The van der Waals surface area contributed by atoms with Crippen LogP contribution in [0.2, 0.25) is 0 Å². The number of amides is 3. The summed E-state index contributed by atoms with van der Waals surface area (Å²) in [6.07, 6.45) is 0.315. The number of carbonyl (C=O) groups is 3. The molecule has 0 radical (unpaired) electrons. The van der Waals surface area contributed by atoms with E-state index in [9.17, 15) is 14.4 Å². The van der Waals surface area contributed by atoms with Crippen LogP contribution in [0.1, 0.15) is 37.6 Å². The van der Waals surface area contributed by atoms with E-state index in [1.165, 1.54) is 6.92 Å². The minimum absolute atomic E-state index is 0.0252. The van der Waals surface area contributed by atoms with Crippen molar-refractivity contribution in [3.8, 4) is 0 Å². The highest BCUT2D eigenvalue weighted by atomic mass is 16.2. The molecule has 7 heteroatoms. The first-order valence-electron chi connectivity index (χ1n) is 9.05. The van der Waals surface area contributed by atoms with Crippen molar-refractivity contribution in [3.05, 3.63) is 29.8 Å². The highest BCUT2D eigenvalue weighted by molar-refractivity contribution is 5.97. The predicted molar refractivity (Wildman–Crippen MR) is 101 cm³/mol. The molecule has 1 aromatic carbocycles. The summed E-state index contributed by atoms with van der Waals surface area (Å²) < 4.78 is 0. The van der Waals surface area contributed by atoms with Gasteiger partial charge >= 0.3 is 0 Å². The van der Waals surface area contributed by atoms with Gasteiger partial charge in [-0.25, -0.2) is 0 Å². The van der Waals surface area contributed by atoms with Crippen LogP contribution in [0.25, 0.3) is 0 Å². The third-order valence-electron chi connectivity index (χ3n) is 4.35. The molecular weight excluding hydrogens is 332 g/mol. The molecule has 7 nitrogen and oxygen atoms in total. The molecule has 26 heavy (non-hydrogen) atoms. The van der Waals surface area contributed by atoms with Gasteiger partial charge in [-0.15, -0.1) is 0 Å². The minimum Gasteiger partial charge on any atom is -0.340 e. The lowest BCUT2D eigenvalue weighted by Crippen LogP contribution is -2.47. The Morgan fingerprint density at radius 2 is 1.92 bits per heavy atom. The average Bonchev–Trinajstić information content (AvgIpc) is 2.61. The zero-order valence-corrected chi connectivity index (χ0v) is 15.7. The molecule has 0 aromatic heterocycles. The van der Waals surface area contributed by atoms with Crippen LogP contribution in [0.5, 0.6) is 0 Å². The van der Waals surface area contributed by atoms with E-state index in [0.29, 0.717) is 37.3 Å². The van der Waals surface area contributed by atoms with Crippen molar-refractivity contribution in [1.29, 1.82) is 0 Å². The molecule has 2 rings (SSSR count). The molecule has 1 fully saturated rings. The first kappa shape index (κ1) is 19.9. The van der Waals surface area contributed by atoms with Crippen LogP contribution >= 0.6 is 0 Å². The molecule has 1 aliphatic rings. The van der Waals surface area contributed by atoms with Gasteiger partial charge in [-0.05, 0) is 32.0 Å². The Morgan fingerprint density at radius 1 is 1.23 bits per heavy atom. The number of hydrogen-bond donors (Lipinski definition) is 2. The Kier molecular flexibility index (Phi) is 7.15. The van der Waals surface area contributed by atoms with Gasteiger partial charge in [-0.2, -0.15) is 0 Å². The molecule has 0 atom stereocenters. The number of nitrogens with one attached hydrogen (secondary N) is 2. The molecule has 0 aliphatic carbocycles. The van der Waals surface area contributed by atoms with E-state index < -0.39 is 0 Å². The van der Waals surface area contributed by atoms with E-state index in [2.05, 4.69) is 10.6 Å². The fourth-order valence-electron chi connectivity index (χ4n) is 2.98. The van der Waals surface area contributed by atoms with Crippen LogP contribution in [0.3, 0.4) is 0 Å². The summed E-state index contributed by atoms with van der Waals surface area (Å²) in [6, 6.07) is 6.84. The largest absolute Gasteiger partial charge is 0.340 e. The molecule has 0 unspecified atom stereocenters. The summed E-state index contributed by atoms with van der Waals surface area (Å²) in [5.74, 6) is -0.241. The standard InChI is InChI=1S/C19H28N4O3/c1-14(2)23(10-7-18(25)22-11-8-20-9-12-22)19(26)16-5-4-6-17(13-16)21-15(3)24/h4-6,13-14,20H,7-12H2,1-3H3,(H,21,24). The second-order valence-electron chi connectivity index (χ2n) is 6.74. The zero-order valence-electron chi connectivity index (χ0n) is 15.7. The number of anilines is 1. The van der Waals surface area contributed by atoms with Crippen LogP contribution in [0.15, 0.2) is 24.3 Å². The van der Waals surface area contributed by atoms with Crippen LogP contribution in [0, 0.1) is 0 Å². The van der Waals surface area contributed by atoms with E-state index in [0.717, 1.165) is 13.1 Å². The Hall–Kier alpha value is -2.41. The van der Waals surface area contributed by atoms with E-state index >= 15 is 0 Å². The second-order valence-corrected chi connectivity index (χ2v) is 6.74. The number of piperazine rings is 1. The van der Waals surface area contributed by atoms with Gasteiger partial charge in [0.2, 0.25) is 11.8 Å². The van der Waals surface area contributed by atoms with Gasteiger partial charge < -0.3 is 20.4 Å². The van der Waals surface area contributed by atoms with Crippen LogP contribution in [-0.4, -0.2) is 66.3 Å². The molecule has 1 aliphatic heterocycles. The number of carbonyl (C=O) groups excluding carboxylic acids is 3. The van der Waals surface area contributed by atoms with Crippen LogP contribution < -0.4 is 10.6 Å². The fourth-order valence-corrected chi connectivity index (χ4v) is 2.98. The summed E-state index contributed by atoms with van der Waals surface area (Å²) in [5, 5.41) is 5.91. The fraction of sp³-hybridized carbons (Fsp3) is 0.526. The van der Waals surface area contributed by atoms with E-state index in [4.69, 9.17) is 0 Å². The average molecular weight is 360 g/mol. The second kappa shape index (κ2) is 9.33. The van der Waals surface area contributed by atoms with Crippen LogP contribution in [-0.2, 0) is 9.59 Å². The summed E-state index contributed by atoms with van der Waals surface area (Å²) in [4.78, 5) is 40.0. The molecule has 3 amide bonds. The van der Waals surface area contributed by atoms with Gasteiger partial charge in [0.15, 0.2) is 0 Å². The quantitative estimate of drug-likeness (QED) is 0.802. The Balaban J connectivity index is 2.02. The van der Waals surface area contributed by atoms with E-state index in [1.54, 1.807) is 29.2 Å². The smallest absolute Gasteiger partial charge is 0.254 e. The lowest BCUT2D eigenvalue weighted by atomic mass is 10.1. The molecule has 1 heterocycles. The minimum atomic E-state index is -0.183. The molecule has 1 saturated heterocycles. The molecular formula is C19H28N4O3. The van der Waals surface area contributed by atoms with E-state index in [-0.39, 0.29) is 23.8 Å². The maximum atomic E-state index is 12.9. The SMILES string of the molecule is CC(=O)Nc1cccc(C(=O)N(CCC(=O)N2CCNCC2)C(C)C)c1. The third kappa shape index (κ3) is 5.56. The first-order chi connectivity index (χ1) is 12.4. The number of hydrogen-bond acceptors (Lipinski definition) is 4. The molecule has 0 saturated carbocycles. The van der Waals surface area contributed by atoms with Gasteiger partial charge in [0.25, 0.3) is 5.91 Å². The number of benzene rings is 1. The van der Waals surface area contributed by atoms with Crippen molar-refractivity contribution in [2.75, 3.05) is 38.0 Å². The first-order valence-corrected chi connectivity index (χ1v) is 9.05. The lowest BCUT2D eigenvalue weighted by Gasteiger charge is -2.30. The third-order valence-corrected chi connectivity index (χ3v) is 4.35. The van der Waals surface area contributed by atoms with Gasteiger partial charge in [0.1, 0.15) is 0 Å². The lowest BCUT2D eigenvalue weighted by molar-refractivity contribution is -0.132. The summed E-state index contributed by atoms with van der Waals surface area (Å²) in [6.45, 7) is 8.74.